The van der Waals surface area contributed by atoms with Crippen molar-refractivity contribution in [3.05, 3.63) is 58.7 Å². The molecule has 1 saturated heterocycles. The molecule has 7 nitrogen and oxygen atoms in total. The predicted octanol–water partition coefficient (Wildman–Crippen LogP) is 4.16. The molecule has 0 saturated carbocycles. The van der Waals surface area contributed by atoms with Gasteiger partial charge in [-0.2, -0.15) is 0 Å². The number of anilines is 1. The summed E-state index contributed by atoms with van der Waals surface area (Å²) in [5.74, 6) is -0.290. The number of carbonyl (C=O) groups excluding carboxylic acids is 3. The number of benzene rings is 2. The van der Waals surface area contributed by atoms with E-state index in [0.717, 1.165) is 22.4 Å². The lowest BCUT2D eigenvalue weighted by Crippen LogP contribution is -2.54. The number of nitrogens with one attached hydrogen (secondary N) is 1. The van der Waals surface area contributed by atoms with Gasteiger partial charge in [0, 0.05) is 0 Å². The maximum atomic E-state index is 13.2. The molecule has 0 atom stereocenters. The van der Waals surface area contributed by atoms with Gasteiger partial charge in [-0.3, -0.25) is 14.9 Å². The average molecular weight is 422 g/mol. The number of rotatable bonds is 7. The zero-order chi connectivity index (χ0) is 22.5. The van der Waals surface area contributed by atoms with E-state index in [4.69, 9.17) is 9.47 Å². The largest absolute Gasteiger partial charge is 0.490 e. The number of aryl methyl sites for hydroxylation is 1. The number of hydrogen-bond acceptors (Lipinski definition) is 5. The van der Waals surface area contributed by atoms with Gasteiger partial charge in [0.15, 0.2) is 11.5 Å². The van der Waals surface area contributed by atoms with Crippen LogP contribution in [0.5, 0.6) is 11.5 Å². The third-order valence-corrected chi connectivity index (χ3v) is 4.96. The van der Waals surface area contributed by atoms with Crippen molar-refractivity contribution in [2.75, 3.05) is 18.1 Å². The van der Waals surface area contributed by atoms with Gasteiger partial charge in [-0.15, -0.1) is 0 Å². The first-order chi connectivity index (χ1) is 14.9. The molecule has 31 heavy (non-hydrogen) atoms. The summed E-state index contributed by atoms with van der Waals surface area (Å²) in [5.41, 5.74) is 2.62. The standard InChI is InChI=1S/C24H26N2O5/c1-5-12-31-20-11-10-17(14-21(20)30-6-2)13-18-22(27)25-24(29)26(23(18)28)19-9-7-8-15(3)16(19)4/h7-11,13-14H,5-6,12H2,1-4H3,(H,25,27,29)/b18-13+. The summed E-state index contributed by atoms with van der Waals surface area (Å²) in [4.78, 5) is 39.1. The Kier molecular flexibility index (Phi) is 6.74. The second-order valence-electron chi connectivity index (χ2n) is 7.16. The molecule has 1 heterocycles. The monoisotopic (exact) mass is 422 g/mol. The van der Waals surface area contributed by atoms with Gasteiger partial charge in [0.05, 0.1) is 18.9 Å². The molecule has 1 aliphatic rings. The summed E-state index contributed by atoms with van der Waals surface area (Å²) >= 11 is 0. The van der Waals surface area contributed by atoms with Gasteiger partial charge in [0.25, 0.3) is 11.8 Å². The lowest BCUT2D eigenvalue weighted by atomic mass is 10.0. The van der Waals surface area contributed by atoms with Crippen LogP contribution in [0.1, 0.15) is 37.0 Å². The Labute approximate surface area is 181 Å². The van der Waals surface area contributed by atoms with Crippen LogP contribution in [0.3, 0.4) is 0 Å². The van der Waals surface area contributed by atoms with Crippen LogP contribution in [0.2, 0.25) is 0 Å². The van der Waals surface area contributed by atoms with E-state index in [1.165, 1.54) is 6.08 Å². The van der Waals surface area contributed by atoms with E-state index in [1.807, 2.05) is 33.8 Å². The van der Waals surface area contributed by atoms with Crippen molar-refractivity contribution in [1.82, 2.24) is 5.32 Å². The SMILES string of the molecule is CCCOc1ccc(/C=C2\C(=O)NC(=O)N(c3cccc(C)c3C)C2=O)cc1OCC. The zero-order valence-electron chi connectivity index (χ0n) is 18.2. The third kappa shape index (κ3) is 4.60. The van der Waals surface area contributed by atoms with E-state index in [-0.39, 0.29) is 5.57 Å². The summed E-state index contributed by atoms with van der Waals surface area (Å²) in [5, 5.41) is 2.26. The van der Waals surface area contributed by atoms with Crippen LogP contribution < -0.4 is 19.7 Å². The Hall–Kier alpha value is -3.61. The quantitative estimate of drug-likeness (QED) is 0.535. The third-order valence-electron chi connectivity index (χ3n) is 4.96. The topological polar surface area (TPSA) is 84.9 Å². The van der Waals surface area contributed by atoms with E-state index >= 15 is 0 Å². The van der Waals surface area contributed by atoms with Crippen molar-refractivity contribution in [2.24, 2.45) is 0 Å². The molecular formula is C24H26N2O5. The van der Waals surface area contributed by atoms with Gasteiger partial charge in [-0.25, -0.2) is 9.69 Å². The molecule has 7 heteroatoms. The van der Waals surface area contributed by atoms with E-state index < -0.39 is 17.8 Å². The fourth-order valence-electron chi connectivity index (χ4n) is 3.23. The number of imide groups is 2. The second-order valence-corrected chi connectivity index (χ2v) is 7.16. The number of nitrogens with zero attached hydrogens (tertiary/aromatic N) is 1. The fraction of sp³-hybridized carbons (Fsp3) is 0.292. The number of amides is 4. The van der Waals surface area contributed by atoms with Crippen LogP contribution in [0.15, 0.2) is 42.0 Å². The number of ether oxygens (including phenoxy) is 2. The fourth-order valence-corrected chi connectivity index (χ4v) is 3.23. The minimum absolute atomic E-state index is 0.134. The molecule has 162 valence electrons. The van der Waals surface area contributed by atoms with Crippen LogP contribution in [-0.2, 0) is 9.59 Å². The second kappa shape index (κ2) is 9.47. The minimum atomic E-state index is -0.765. The van der Waals surface area contributed by atoms with E-state index in [9.17, 15) is 14.4 Å². The smallest absolute Gasteiger partial charge is 0.335 e. The molecule has 1 aliphatic heterocycles. The summed E-state index contributed by atoms with van der Waals surface area (Å²) in [7, 11) is 0. The summed E-state index contributed by atoms with van der Waals surface area (Å²) < 4.78 is 11.3. The van der Waals surface area contributed by atoms with Gasteiger partial charge in [0.2, 0.25) is 0 Å². The maximum Gasteiger partial charge on any atom is 0.335 e. The highest BCUT2D eigenvalue weighted by Crippen LogP contribution is 2.31. The number of carbonyl (C=O) groups is 3. The predicted molar refractivity (Wildman–Crippen MR) is 118 cm³/mol. The molecule has 2 aromatic rings. The Bertz CT molecular complexity index is 1060. The van der Waals surface area contributed by atoms with E-state index in [1.54, 1.807) is 30.3 Å². The van der Waals surface area contributed by atoms with Crippen molar-refractivity contribution < 1.29 is 23.9 Å². The van der Waals surface area contributed by atoms with Crippen molar-refractivity contribution in [3.8, 4) is 11.5 Å². The zero-order valence-corrected chi connectivity index (χ0v) is 18.2. The summed E-state index contributed by atoms with van der Waals surface area (Å²) in [6.45, 7) is 8.58. The first-order valence-electron chi connectivity index (χ1n) is 10.2. The highest BCUT2D eigenvalue weighted by molar-refractivity contribution is 6.39. The highest BCUT2D eigenvalue weighted by atomic mass is 16.5. The molecule has 0 unspecified atom stereocenters. The molecule has 3 rings (SSSR count). The summed E-state index contributed by atoms with van der Waals surface area (Å²) in [6, 6.07) is 9.76. The van der Waals surface area contributed by atoms with Gasteiger partial charge in [-0.05, 0) is 68.2 Å². The number of urea groups is 1. The van der Waals surface area contributed by atoms with Crippen molar-refractivity contribution in [2.45, 2.75) is 34.1 Å². The van der Waals surface area contributed by atoms with Crippen molar-refractivity contribution in [1.29, 1.82) is 0 Å². The van der Waals surface area contributed by atoms with Gasteiger partial charge < -0.3 is 9.47 Å². The van der Waals surface area contributed by atoms with E-state index in [2.05, 4.69) is 5.32 Å². The molecule has 0 bridgehead atoms. The molecule has 4 amide bonds. The molecule has 1 fully saturated rings. The first kappa shape index (κ1) is 22.1. The van der Waals surface area contributed by atoms with E-state index in [0.29, 0.717) is 36.0 Å². The van der Waals surface area contributed by atoms with Gasteiger partial charge in [0.1, 0.15) is 5.57 Å². The van der Waals surface area contributed by atoms with Gasteiger partial charge in [-0.1, -0.05) is 25.1 Å². The summed E-state index contributed by atoms with van der Waals surface area (Å²) in [6.07, 6.45) is 2.31. The van der Waals surface area contributed by atoms with Crippen LogP contribution in [0, 0.1) is 13.8 Å². The Morgan fingerprint density at radius 2 is 1.77 bits per heavy atom. The molecular weight excluding hydrogens is 396 g/mol. The molecule has 1 N–H and O–H groups in total. The molecule has 0 radical (unpaired) electrons. The van der Waals surface area contributed by atoms with Crippen LogP contribution in [-0.4, -0.2) is 31.1 Å². The lowest BCUT2D eigenvalue weighted by molar-refractivity contribution is -0.122. The number of hydrogen-bond donors (Lipinski definition) is 1. The van der Waals surface area contributed by atoms with Crippen molar-refractivity contribution >= 4 is 29.6 Å². The normalized spacial score (nSPS) is 15.3. The van der Waals surface area contributed by atoms with Gasteiger partial charge >= 0.3 is 6.03 Å². The average Bonchev–Trinajstić information content (AvgIpc) is 2.73. The molecule has 0 spiro atoms. The van der Waals surface area contributed by atoms with Crippen LogP contribution in [0.25, 0.3) is 6.08 Å². The lowest BCUT2D eigenvalue weighted by Gasteiger charge is -2.28. The van der Waals surface area contributed by atoms with Crippen LogP contribution in [0.4, 0.5) is 10.5 Å². The Balaban J connectivity index is 2.00. The van der Waals surface area contributed by atoms with Crippen LogP contribution >= 0.6 is 0 Å². The minimum Gasteiger partial charge on any atom is -0.490 e. The Morgan fingerprint density at radius 1 is 1.00 bits per heavy atom. The highest BCUT2D eigenvalue weighted by Gasteiger charge is 2.37. The Morgan fingerprint density at radius 3 is 2.48 bits per heavy atom. The van der Waals surface area contributed by atoms with Crippen molar-refractivity contribution in [3.63, 3.8) is 0 Å². The molecule has 0 aliphatic carbocycles. The molecule has 0 aromatic heterocycles. The number of barbiturate groups is 1. The first-order valence-corrected chi connectivity index (χ1v) is 10.2. The maximum absolute atomic E-state index is 13.2. The molecule has 2 aromatic carbocycles.